The highest BCUT2D eigenvalue weighted by Gasteiger charge is 2.22. The Kier molecular flexibility index (Phi) is 3.13. The molecule has 0 aliphatic heterocycles. The molecule has 1 aliphatic carbocycles. The van der Waals surface area contributed by atoms with Crippen molar-refractivity contribution in [3.63, 3.8) is 0 Å². The van der Waals surface area contributed by atoms with Crippen LogP contribution in [0.5, 0.6) is 0 Å². The Morgan fingerprint density at radius 2 is 1.88 bits per heavy atom. The van der Waals surface area contributed by atoms with Crippen molar-refractivity contribution in [1.29, 1.82) is 0 Å². The number of allylic oxidation sites excluding steroid dienone is 2. The fourth-order valence-corrected chi connectivity index (χ4v) is 2.10. The van der Waals surface area contributed by atoms with Gasteiger partial charge in [0.25, 0.3) is 0 Å². The van der Waals surface area contributed by atoms with E-state index in [1.165, 1.54) is 6.26 Å². The summed E-state index contributed by atoms with van der Waals surface area (Å²) in [7, 11) is 0. The first-order valence-corrected chi connectivity index (χ1v) is 6.36. The second-order valence-corrected chi connectivity index (χ2v) is 6.16. The van der Waals surface area contributed by atoms with E-state index in [4.69, 9.17) is 4.42 Å². The summed E-state index contributed by atoms with van der Waals surface area (Å²) in [4.78, 5) is 11.9. The van der Waals surface area contributed by atoms with Crippen molar-refractivity contribution in [2.75, 3.05) is 0 Å². The lowest BCUT2D eigenvalue weighted by atomic mass is 9.80. The minimum atomic E-state index is -0.0262. The van der Waals surface area contributed by atoms with Crippen molar-refractivity contribution in [1.82, 2.24) is 0 Å². The molecule has 0 radical (unpaired) electrons. The SMILES string of the molecule is CC(C)(C)C1C=Cc2occ(Br)c(=O)c2C=C1. The second-order valence-electron chi connectivity index (χ2n) is 5.30. The zero-order valence-electron chi connectivity index (χ0n) is 10.2. The molecule has 0 saturated carbocycles. The standard InChI is InChI=1S/C14H15BrO2/c1-14(2,3)9-4-6-10-12(7-5-9)17-8-11(15)13(10)16/h4-9H,1-3H3. The van der Waals surface area contributed by atoms with Gasteiger partial charge in [0.15, 0.2) is 0 Å². The van der Waals surface area contributed by atoms with Crippen LogP contribution in [0.1, 0.15) is 32.1 Å². The number of hydrogen-bond acceptors (Lipinski definition) is 2. The normalized spacial score (nSPS) is 18.9. The fraction of sp³-hybridized carbons (Fsp3) is 0.357. The summed E-state index contributed by atoms with van der Waals surface area (Å²) in [5.41, 5.74) is 0.721. The first-order valence-electron chi connectivity index (χ1n) is 5.57. The van der Waals surface area contributed by atoms with Crippen LogP contribution in [0, 0.1) is 11.3 Å². The Hall–Kier alpha value is -1.09. The first kappa shape index (κ1) is 12.4. The van der Waals surface area contributed by atoms with Gasteiger partial charge in [0.1, 0.15) is 16.5 Å². The highest BCUT2D eigenvalue weighted by Crippen LogP contribution is 2.31. The maximum atomic E-state index is 11.9. The van der Waals surface area contributed by atoms with Crippen LogP contribution in [0.15, 0.2) is 32.1 Å². The Bertz CT molecular complexity index is 544. The molecular weight excluding hydrogens is 280 g/mol. The predicted octanol–water partition coefficient (Wildman–Crippen LogP) is 4.10. The topological polar surface area (TPSA) is 30.2 Å². The third-order valence-corrected chi connectivity index (χ3v) is 3.49. The molecule has 0 saturated heterocycles. The molecule has 0 spiro atoms. The van der Waals surface area contributed by atoms with Crippen LogP contribution in [0.4, 0.5) is 0 Å². The van der Waals surface area contributed by atoms with Crippen LogP contribution in [0.2, 0.25) is 0 Å². The fourth-order valence-electron chi connectivity index (χ4n) is 1.79. The average Bonchev–Trinajstić information content (AvgIpc) is 2.45. The summed E-state index contributed by atoms with van der Waals surface area (Å²) in [6.07, 6.45) is 9.34. The summed E-state index contributed by atoms with van der Waals surface area (Å²) in [6, 6.07) is 0. The summed E-state index contributed by atoms with van der Waals surface area (Å²) in [5.74, 6) is 0.921. The van der Waals surface area contributed by atoms with Gasteiger partial charge in [-0.3, -0.25) is 4.79 Å². The zero-order chi connectivity index (χ0) is 12.6. The largest absolute Gasteiger partial charge is 0.463 e. The smallest absolute Gasteiger partial charge is 0.206 e. The zero-order valence-corrected chi connectivity index (χ0v) is 11.7. The van der Waals surface area contributed by atoms with E-state index >= 15 is 0 Å². The molecule has 90 valence electrons. The number of hydrogen-bond donors (Lipinski definition) is 0. The van der Waals surface area contributed by atoms with E-state index < -0.39 is 0 Å². The third-order valence-electron chi connectivity index (χ3n) is 2.94. The van der Waals surface area contributed by atoms with Gasteiger partial charge >= 0.3 is 0 Å². The second kappa shape index (κ2) is 4.30. The van der Waals surface area contributed by atoms with Gasteiger partial charge in [0, 0.05) is 5.92 Å². The summed E-state index contributed by atoms with van der Waals surface area (Å²) >= 11 is 3.19. The number of rotatable bonds is 0. The molecular formula is C14H15BrO2. The molecule has 2 nitrogen and oxygen atoms in total. The van der Waals surface area contributed by atoms with E-state index in [0.29, 0.717) is 21.7 Å². The van der Waals surface area contributed by atoms with Crippen LogP contribution >= 0.6 is 15.9 Å². The maximum Gasteiger partial charge on any atom is 0.206 e. The van der Waals surface area contributed by atoms with E-state index in [9.17, 15) is 4.79 Å². The van der Waals surface area contributed by atoms with E-state index in [1.54, 1.807) is 0 Å². The molecule has 17 heavy (non-hydrogen) atoms. The van der Waals surface area contributed by atoms with E-state index in [-0.39, 0.29) is 10.8 Å². The van der Waals surface area contributed by atoms with Crippen molar-refractivity contribution < 1.29 is 4.42 Å². The van der Waals surface area contributed by atoms with Crippen LogP contribution in [0.25, 0.3) is 12.2 Å². The molecule has 1 atom stereocenters. The highest BCUT2D eigenvalue weighted by molar-refractivity contribution is 9.10. The summed E-state index contributed by atoms with van der Waals surface area (Å²) in [5, 5.41) is 0. The van der Waals surface area contributed by atoms with Crippen LogP contribution in [-0.4, -0.2) is 0 Å². The number of fused-ring (bicyclic) bond motifs is 1. The Labute approximate surface area is 109 Å². The van der Waals surface area contributed by atoms with Gasteiger partial charge < -0.3 is 4.42 Å². The summed E-state index contributed by atoms with van der Waals surface area (Å²) < 4.78 is 5.88. The van der Waals surface area contributed by atoms with Crippen molar-refractivity contribution in [3.8, 4) is 0 Å². The lowest BCUT2D eigenvalue weighted by Gasteiger charge is -2.24. The molecule has 0 fully saturated rings. The van der Waals surface area contributed by atoms with Crippen molar-refractivity contribution in [2.45, 2.75) is 20.8 Å². The summed E-state index contributed by atoms with van der Waals surface area (Å²) in [6.45, 7) is 6.52. The lowest BCUT2D eigenvalue weighted by Crippen LogP contribution is -2.15. The Morgan fingerprint density at radius 1 is 1.24 bits per heavy atom. The van der Waals surface area contributed by atoms with Gasteiger partial charge in [-0.05, 0) is 27.4 Å². The van der Waals surface area contributed by atoms with E-state index in [2.05, 4.69) is 48.9 Å². The van der Waals surface area contributed by atoms with Gasteiger partial charge in [-0.1, -0.05) is 39.0 Å². The molecule has 0 N–H and O–H groups in total. The predicted molar refractivity (Wildman–Crippen MR) is 73.7 cm³/mol. The molecule has 1 heterocycles. The number of halogens is 1. The van der Waals surface area contributed by atoms with Crippen LogP contribution < -0.4 is 5.43 Å². The molecule has 1 aliphatic rings. The van der Waals surface area contributed by atoms with Crippen molar-refractivity contribution in [3.05, 3.63) is 44.4 Å². The van der Waals surface area contributed by atoms with Crippen LogP contribution in [-0.2, 0) is 0 Å². The minimum Gasteiger partial charge on any atom is -0.463 e. The quantitative estimate of drug-likeness (QED) is 0.721. The molecule has 0 bridgehead atoms. The highest BCUT2D eigenvalue weighted by atomic mass is 79.9. The van der Waals surface area contributed by atoms with Crippen LogP contribution in [0.3, 0.4) is 0 Å². The molecule has 2 rings (SSSR count). The van der Waals surface area contributed by atoms with E-state index in [1.807, 2.05) is 12.2 Å². The monoisotopic (exact) mass is 294 g/mol. The van der Waals surface area contributed by atoms with Gasteiger partial charge in [0.05, 0.1) is 5.56 Å². The first-order chi connectivity index (χ1) is 7.89. The molecule has 1 unspecified atom stereocenters. The minimum absolute atomic E-state index is 0.0262. The van der Waals surface area contributed by atoms with Crippen molar-refractivity contribution >= 4 is 28.1 Å². The molecule has 1 aromatic rings. The van der Waals surface area contributed by atoms with Crippen molar-refractivity contribution in [2.24, 2.45) is 11.3 Å². The van der Waals surface area contributed by atoms with Gasteiger partial charge in [0.2, 0.25) is 5.43 Å². The lowest BCUT2D eigenvalue weighted by molar-refractivity contribution is 0.345. The Balaban J connectivity index is 2.53. The van der Waals surface area contributed by atoms with E-state index in [0.717, 1.165) is 0 Å². The molecule has 1 aromatic heterocycles. The maximum absolute atomic E-state index is 11.9. The molecule has 0 amide bonds. The average molecular weight is 295 g/mol. The molecule has 0 aromatic carbocycles. The van der Waals surface area contributed by atoms with Gasteiger partial charge in [-0.25, -0.2) is 0 Å². The van der Waals surface area contributed by atoms with Gasteiger partial charge in [-0.15, -0.1) is 0 Å². The Morgan fingerprint density at radius 3 is 2.53 bits per heavy atom. The molecule has 3 heteroatoms. The van der Waals surface area contributed by atoms with Gasteiger partial charge in [-0.2, -0.15) is 0 Å². The third kappa shape index (κ3) is 2.44.